The molecule has 2 aliphatic heterocycles. The molecule has 0 saturated carbocycles. The van der Waals surface area contributed by atoms with Crippen LogP contribution in [0.3, 0.4) is 0 Å². The molecule has 0 bridgehead atoms. The lowest BCUT2D eigenvalue weighted by molar-refractivity contribution is 0.873. The average Bonchev–Trinajstić information content (AvgIpc) is 3.08. The Labute approximate surface area is 151 Å². The van der Waals surface area contributed by atoms with Gasteiger partial charge in [-0.2, -0.15) is 0 Å². The van der Waals surface area contributed by atoms with Gasteiger partial charge in [-0.25, -0.2) is 0 Å². The molecule has 1 atom stereocenters. The van der Waals surface area contributed by atoms with Crippen molar-refractivity contribution in [3.8, 4) is 11.1 Å². The molecule has 3 aromatic carbocycles. The Morgan fingerprint density at radius 1 is 0.720 bits per heavy atom. The van der Waals surface area contributed by atoms with E-state index in [0.717, 1.165) is 0 Å². The van der Waals surface area contributed by atoms with E-state index in [9.17, 15) is 0 Å². The van der Waals surface area contributed by atoms with Crippen LogP contribution in [0, 0.1) is 0 Å². The predicted octanol–water partition coefficient (Wildman–Crippen LogP) is 5.50. The highest BCUT2D eigenvalue weighted by molar-refractivity contribution is 8.03. The van der Waals surface area contributed by atoms with E-state index in [1.54, 1.807) is 0 Å². The van der Waals surface area contributed by atoms with Gasteiger partial charge in [0.25, 0.3) is 0 Å². The van der Waals surface area contributed by atoms with Crippen molar-refractivity contribution in [3.05, 3.63) is 94.9 Å². The third-order valence-electron chi connectivity index (χ3n) is 4.64. The summed E-state index contributed by atoms with van der Waals surface area (Å²) in [5.41, 5.74) is 6.15. The summed E-state index contributed by atoms with van der Waals surface area (Å²) in [6.07, 6.45) is 1.83. The van der Waals surface area contributed by atoms with E-state index in [1.807, 2.05) is 24.2 Å². The molecular formula is C22H16N2S. The summed E-state index contributed by atoms with van der Waals surface area (Å²) < 4.78 is 0. The van der Waals surface area contributed by atoms with Crippen molar-refractivity contribution in [2.75, 3.05) is 0 Å². The van der Waals surface area contributed by atoms with Crippen molar-refractivity contribution < 1.29 is 0 Å². The Balaban J connectivity index is 1.54. The maximum absolute atomic E-state index is 4.66. The summed E-state index contributed by atoms with van der Waals surface area (Å²) in [5.74, 6) is 0. The largest absolute Gasteiger partial charge is 0.345 e. The first-order valence-corrected chi connectivity index (χ1v) is 9.17. The first-order valence-electron chi connectivity index (χ1n) is 8.35. The topological polar surface area (TPSA) is 24.4 Å². The number of rotatable bonds is 2. The monoisotopic (exact) mass is 340 g/mol. The molecule has 25 heavy (non-hydrogen) atoms. The van der Waals surface area contributed by atoms with Crippen LogP contribution < -0.4 is 5.32 Å². The molecule has 120 valence electrons. The molecule has 3 heteroatoms. The molecule has 2 nitrogen and oxygen atoms in total. The van der Waals surface area contributed by atoms with Gasteiger partial charge in [0.1, 0.15) is 6.04 Å². The first-order chi connectivity index (χ1) is 12.4. The van der Waals surface area contributed by atoms with E-state index in [1.165, 1.54) is 37.8 Å². The number of thioether (sulfide) groups is 1. The van der Waals surface area contributed by atoms with Crippen LogP contribution in [0.4, 0.5) is 0 Å². The minimum Gasteiger partial charge on any atom is -0.345 e. The predicted molar refractivity (Wildman–Crippen MR) is 105 cm³/mol. The zero-order valence-electron chi connectivity index (χ0n) is 13.5. The fourth-order valence-electron chi connectivity index (χ4n) is 3.38. The van der Waals surface area contributed by atoms with E-state index in [2.05, 4.69) is 83.1 Å². The first kappa shape index (κ1) is 14.6. The Bertz CT molecular complexity index is 988. The molecule has 0 spiro atoms. The van der Waals surface area contributed by atoms with Crippen LogP contribution in [-0.2, 0) is 0 Å². The molecule has 0 amide bonds. The fourth-order valence-corrected chi connectivity index (χ4v) is 4.64. The van der Waals surface area contributed by atoms with Crippen LogP contribution in [-0.4, -0.2) is 6.34 Å². The van der Waals surface area contributed by atoms with Gasteiger partial charge < -0.3 is 5.32 Å². The summed E-state index contributed by atoms with van der Waals surface area (Å²) in [6.45, 7) is 0. The zero-order chi connectivity index (χ0) is 16.6. The van der Waals surface area contributed by atoms with Crippen molar-refractivity contribution in [2.24, 2.45) is 4.99 Å². The quantitative estimate of drug-likeness (QED) is 0.666. The number of aliphatic imine (C=N–C) groups is 1. The Morgan fingerprint density at radius 3 is 2.24 bits per heavy atom. The summed E-state index contributed by atoms with van der Waals surface area (Å²) in [4.78, 5) is 7.25. The van der Waals surface area contributed by atoms with E-state index in [0.29, 0.717) is 0 Å². The molecule has 0 fully saturated rings. The van der Waals surface area contributed by atoms with E-state index >= 15 is 0 Å². The highest BCUT2D eigenvalue weighted by atomic mass is 32.2. The van der Waals surface area contributed by atoms with Crippen LogP contribution >= 0.6 is 11.8 Å². The Kier molecular flexibility index (Phi) is 3.46. The second-order valence-electron chi connectivity index (χ2n) is 6.15. The highest BCUT2D eigenvalue weighted by Crippen LogP contribution is 2.52. The van der Waals surface area contributed by atoms with Crippen LogP contribution in [0.2, 0.25) is 0 Å². The maximum atomic E-state index is 4.66. The normalized spacial score (nSPS) is 17.8. The Morgan fingerprint density at radius 2 is 1.40 bits per heavy atom. The lowest BCUT2D eigenvalue weighted by Gasteiger charge is -2.19. The number of hydrogen-bond donors (Lipinski definition) is 1. The number of benzene rings is 3. The van der Waals surface area contributed by atoms with Gasteiger partial charge in [0, 0.05) is 9.80 Å². The number of nitrogens with zero attached hydrogens (tertiary/aromatic N) is 1. The van der Waals surface area contributed by atoms with Gasteiger partial charge in [-0.3, -0.25) is 4.99 Å². The molecule has 5 rings (SSSR count). The molecule has 0 aliphatic carbocycles. The maximum Gasteiger partial charge on any atom is 0.111 e. The summed E-state index contributed by atoms with van der Waals surface area (Å²) in [5, 5.41) is 3.37. The standard InChI is InChI=1S/C22H16N2S/c1-2-6-15(7-3-1)16-10-12-17(13-11-16)20-22-21(24-14-23-20)18-8-4-5-9-19(18)25-22/h1-14,21H,(H,23,24). The van der Waals surface area contributed by atoms with Crippen molar-refractivity contribution >= 4 is 23.8 Å². The van der Waals surface area contributed by atoms with Crippen LogP contribution in [0.5, 0.6) is 0 Å². The van der Waals surface area contributed by atoms with E-state index in [-0.39, 0.29) is 6.04 Å². The van der Waals surface area contributed by atoms with E-state index in [4.69, 9.17) is 0 Å². The summed E-state index contributed by atoms with van der Waals surface area (Å²) in [7, 11) is 0. The lowest BCUT2D eigenvalue weighted by atomic mass is 10.00. The average molecular weight is 340 g/mol. The SMILES string of the molecule is C1=NC2C(=C(c3ccc(-c4ccccc4)cc3)N1)Sc1ccccc12. The van der Waals surface area contributed by atoms with Crippen molar-refractivity contribution in [1.29, 1.82) is 0 Å². The zero-order valence-corrected chi connectivity index (χ0v) is 14.3. The van der Waals surface area contributed by atoms with Gasteiger partial charge in [-0.15, -0.1) is 0 Å². The summed E-state index contributed by atoms with van der Waals surface area (Å²) >= 11 is 1.83. The Hall–Kier alpha value is -2.78. The van der Waals surface area contributed by atoms with Crippen molar-refractivity contribution in [2.45, 2.75) is 10.9 Å². The van der Waals surface area contributed by atoms with Gasteiger partial charge in [0.05, 0.1) is 12.0 Å². The third kappa shape index (κ3) is 2.48. The molecule has 2 heterocycles. The molecule has 0 aromatic heterocycles. The minimum atomic E-state index is 0.131. The second kappa shape index (κ2) is 5.94. The number of hydrogen-bond acceptors (Lipinski definition) is 3. The molecule has 2 aliphatic rings. The smallest absolute Gasteiger partial charge is 0.111 e. The lowest BCUT2D eigenvalue weighted by Crippen LogP contribution is -2.17. The molecular weight excluding hydrogens is 324 g/mol. The van der Waals surface area contributed by atoms with Gasteiger partial charge in [-0.1, -0.05) is 84.6 Å². The molecule has 1 unspecified atom stereocenters. The molecule has 0 radical (unpaired) electrons. The fraction of sp³-hybridized carbons (Fsp3) is 0.0455. The minimum absolute atomic E-state index is 0.131. The van der Waals surface area contributed by atoms with Crippen LogP contribution in [0.1, 0.15) is 17.2 Å². The van der Waals surface area contributed by atoms with Gasteiger partial charge in [0.2, 0.25) is 0 Å². The highest BCUT2D eigenvalue weighted by Gasteiger charge is 2.32. The van der Waals surface area contributed by atoms with Gasteiger partial charge >= 0.3 is 0 Å². The third-order valence-corrected chi connectivity index (χ3v) is 5.88. The van der Waals surface area contributed by atoms with E-state index < -0.39 is 0 Å². The second-order valence-corrected chi connectivity index (χ2v) is 7.23. The molecule has 3 aromatic rings. The van der Waals surface area contributed by atoms with Crippen LogP contribution in [0.25, 0.3) is 16.8 Å². The molecule has 1 N–H and O–H groups in total. The summed E-state index contributed by atoms with van der Waals surface area (Å²) in [6, 6.07) is 27.9. The van der Waals surface area contributed by atoms with Crippen LogP contribution in [0.15, 0.2) is 93.7 Å². The number of fused-ring (bicyclic) bond motifs is 3. The van der Waals surface area contributed by atoms with Crippen molar-refractivity contribution in [1.82, 2.24) is 5.32 Å². The van der Waals surface area contributed by atoms with Crippen molar-refractivity contribution in [3.63, 3.8) is 0 Å². The van der Waals surface area contributed by atoms with Gasteiger partial charge in [-0.05, 0) is 28.3 Å². The van der Waals surface area contributed by atoms with Gasteiger partial charge in [0.15, 0.2) is 0 Å². The molecule has 0 saturated heterocycles. The number of nitrogens with one attached hydrogen (secondary N) is 1.